The number of hydrogen-bond acceptors (Lipinski definition) is 4. The fraction of sp³-hybridized carbons (Fsp3) is 0.333. The molecule has 4 N–H and O–H groups in total. The van der Waals surface area contributed by atoms with Gasteiger partial charge in [-0.05, 0) is 12.5 Å². The van der Waals surface area contributed by atoms with E-state index in [0.717, 1.165) is 22.4 Å². The lowest BCUT2D eigenvalue weighted by atomic mass is 10.1. The number of ether oxygens (including phenoxy) is 1. The number of rotatable bonds is 6. The first kappa shape index (κ1) is 15.8. The molecule has 0 spiro atoms. The minimum Gasteiger partial charge on any atom is -0.465 e. The molecule has 1 aromatic heterocycles. The molecule has 0 atom stereocenters. The van der Waals surface area contributed by atoms with E-state index in [1.54, 1.807) is 11.8 Å². The van der Waals surface area contributed by atoms with Crippen molar-refractivity contribution in [2.24, 2.45) is 0 Å². The Balaban J connectivity index is 2.19. The Hall–Kier alpha value is -2.54. The zero-order valence-electron chi connectivity index (χ0n) is 12.7. The predicted octanol–water partition coefficient (Wildman–Crippen LogP) is 1.85. The molecule has 0 saturated heterocycles. The molecule has 0 aliphatic heterocycles. The van der Waals surface area contributed by atoms with Crippen molar-refractivity contribution in [3.63, 3.8) is 0 Å². The summed E-state index contributed by atoms with van der Waals surface area (Å²) in [6.45, 7) is 3.36. The molecule has 2 aromatic rings. The lowest BCUT2D eigenvalue weighted by Gasteiger charge is -2.03. The zero-order valence-corrected chi connectivity index (χ0v) is 12.7. The summed E-state index contributed by atoms with van der Waals surface area (Å²) in [5, 5.41) is 15.5. The van der Waals surface area contributed by atoms with Crippen LogP contribution >= 0.6 is 0 Å². The van der Waals surface area contributed by atoms with Gasteiger partial charge in [0.2, 0.25) is 0 Å². The first-order chi connectivity index (χ1) is 10.5. The number of aromatic nitrogens is 2. The Labute approximate surface area is 128 Å². The molecular formula is C15H20N4O3. The van der Waals surface area contributed by atoms with Crippen molar-refractivity contribution in [1.29, 1.82) is 0 Å². The first-order valence-corrected chi connectivity index (χ1v) is 6.91. The van der Waals surface area contributed by atoms with Crippen LogP contribution in [-0.4, -0.2) is 34.7 Å². The maximum atomic E-state index is 10.5. The van der Waals surface area contributed by atoms with Crippen LogP contribution in [0, 0.1) is 6.92 Å². The molecule has 0 unspecified atom stereocenters. The maximum absolute atomic E-state index is 10.5. The monoisotopic (exact) mass is 304 g/mol. The third-order valence-corrected chi connectivity index (χ3v) is 3.42. The minimum atomic E-state index is -1.04. The van der Waals surface area contributed by atoms with Crippen molar-refractivity contribution >= 4 is 11.9 Å². The fourth-order valence-electron chi connectivity index (χ4n) is 2.15. The van der Waals surface area contributed by atoms with Crippen molar-refractivity contribution in [2.75, 3.05) is 19.5 Å². The number of amides is 1. The number of methoxy groups -OCH3 is 1. The van der Waals surface area contributed by atoms with Gasteiger partial charge >= 0.3 is 6.09 Å². The molecule has 1 heterocycles. The van der Waals surface area contributed by atoms with E-state index in [0.29, 0.717) is 19.0 Å². The van der Waals surface area contributed by atoms with E-state index in [4.69, 9.17) is 15.6 Å². The second-order valence-electron chi connectivity index (χ2n) is 4.93. The van der Waals surface area contributed by atoms with Crippen LogP contribution in [0.3, 0.4) is 0 Å². The van der Waals surface area contributed by atoms with Crippen LogP contribution in [0.5, 0.6) is 0 Å². The number of nitrogens with two attached hydrogens (primary N) is 1. The second kappa shape index (κ2) is 6.95. The molecule has 2 rings (SSSR count). The summed E-state index contributed by atoms with van der Waals surface area (Å²) in [5.74, 6) is 0.628. The molecule has 1 aromatic carbocycles. The average molecular weight is 304 g/mol. The van der Waals surface area contributed by atoms with E-state index >= 15 is 0 Å². The van der Waals surface area contributed by atoms with Crippen LogP contribution in [0.15, 0.2) is 24.3 Å². The van der Waals surface area contributed by atoms with E-state index in [1.165, 1.54) is 0 Å². The Morgan fingerprint density at radius 2 is 2.09 bits per heavy atom. The molecule has 22 heavy (non-hydrogen) atoms. The highest BCUT2D eigenvalue weighted by molar-refractivity contribution is 5.68. The Morgan fingerprint density at radius 1 is 1.41 bits per heavy atom. The van der Waals surface area contributed by atoms with E-state index in [1.807, 2.05) is 31.2 Å². The van der Waals surface area contributed by atoms with E-state index in [9.17, 15) is 4.79 Å². The molecule has 7 heteroatoms. The number of carbonyl (C=O) groups is 1. The summed E-state index contributed by atoms with van der Waals surface area (Å²) < 4.78 is 6.78. The van der Waals surface area contributed by atoms with Crippen molar-refractivity contribution in [2.45, 2.75) is 20.0 Å². The summed E-state index contributed by atoms with van der Waals surface area (Å²) in [6, 6.07) is 7.56. The number of nitrogens with one attached hydrogen (secondary N) is 1. The van der Waals surface area contributed by atoms with Crippen molar-refractivity contribution in [3.05, 3.63) is 35.4 Å². The number of nitrogens with zero attached hydrogens (tertiary/aromatic N) is 2. The summed E-state index contributed by atoms with van der Waals surface area (Å²) in [4.78, 5) is 10.5. The fourth-order valence-corrected chi connectivity index (χ4v) is 2.15. The standard InChI is InChI=1S/C15H20N4O3/c1-10-13(18-19(14(10)16)7-8-22-2)12-5-3-11(4-6-12)9-17-15(20)21/h3-6,17H,7-9,16H2,1-2H3,(H,20,21). The van der Waals surface area contributed by atoms with Crippen molar-refractivity contribution < 1.29 is 14.6 Å². The van der Waals surface area contributed by atoms with Crippen LogP contribution in [0.4, 0.5) is 10.6 Å². The smallest absolute Gasteiger partial charge is 0.404 e. The van der Waals surface area contributed by atoms with E-state index in [-0.39, 0.29) is 6.54 Å². The number of benzene rings is 1. The van der Waals surface area contributed by atoms with Gasteiger partial charge in [-0.3, -0.25) is 0 Å². The third-order valence-electron chi connectivity index (χ3n) is 3.42. The summed E-state index contributed by atoms with van der Waals surface area (Å²) in [6.07, 6.45) is -1.04. The number of nitrogen functional groups attached to an aromatic ring is 1. The SMILES string of the molecule is COCCn1nc(-c2ccc(CNC(=O)O)cc2)c(C)c1N. The molecule has 0 aliphatic carbocycles. The Kier molecular flexibility index (Phi) is 5.00. The highest BCUT2D eigenvalue weighted by atomic mass is 16.5. The molecule has 0 fully saturated rings. The Bertz CT molecular complexity index is 650. The summed E-state index contributed by atoms with van der Waals surface area (Å²) in [7, 11) is 1.64. The van der Waals surface area contributed by atoms with Gasteiger partial charge in [-0.25, -0.2) is 9.48 Å². The van der Waals surface area contributed by atoms with Crippen LogP contribution < -0.4 is 11.1 Å². The van der Waals surface area contributed by atoms with Gasteiger partial charge in [0.15, 0.2) is 0 Å². The second-order valence-corrected chi connectivity index (χ2v) is 4.93. The molecule has 1 amide bonds. The van der Waals surface area contributed by atoms with Gasteiger partial charge in [0.1, 0.15) is 5.82 Å². The van der Waals surface area contributed by atoms with E-state index < -0.39 is 6.09 Å². The van der Waals surface area contributed by atoms with Crippen molar-refractivity contribution in [1.82, 2.24) is 15.1 Å². The van der Waals surface area contributed by atoms with Gasteiger partial charge < -0.3 is 20.9 Å². The highest BCUT2D eigenvalue weighted by Crippen LogP contribution is 2.26. The molecule has 7 nitrogen and oxygen atoms in total. The minimum absolute atomic E-state index is 0.277. The van der Waals surface area contributed by atoms with Crippen molar-refractivity contribution in [3.8, 4) is 11.3 Å². The number of hydrogen-bond donors (Lipinski definition) is 3. The third kappa shape index (κ3) is 3.56. The topological polar surface area (TPSA) is 102 Å². The first-order valence-electron chi connectivity index (χ1n) is 6.91. The Morgan fingerprint density at radius 3 is 2.68 bits per heavy atom. The van der Waals surface area contributed by atoms with Crippen LogP contribution in [0.1, 0.15) is 11.1 Å². The quantitative estimate of drug-likeness (QED) is 0.756. The van der Waals surface area contributed by atoms with E-state index in [2.05, 4.69) is 10.4 Å². The predicted molar refractivity (Wildman–Crippen MR) is 83.6 cm³/mol. The zero-order chi connectivity index (χ0) is 16.1. The van der Waals surface area contributed by atoms with Gasteiger partial charge in [-0.15, -0.1) is 0 Å². The molecule has 0 bridgehead atoms. The summed E-state index contributed by atoms with van der Waals surface area (Å²) in [5.41, 5.74) is 9.64. The maximum Gasteiger partial charge on any atom is 0.404 e. The van der Waals surface area contributed by atoms with Gasteiger partial charge in [0.05, 0.1) is 18.8 Å². The lowest BCUT2D eigenvalue weighted by molar-refractivity contribution is 0.184. The molecule has 118 valence electrons. The average Bonchev–Trinajstić information content (AvgIpc) is 2.79. The molecule has 0 saturated carbocycles. The van der Waals surface area contributed by atoms with Crippen LogP contribution in [0.25, 0.3) is 11.3 Å². The van der Waals surface area contributed by atoms with Gasteiger partial charge in [0, 0.05) is 24.8 Å². The van der Waals surface area contributed by atoms with Crippen LogP contribution in [0.2, 0.25) is 0 Å². The van der Waals surface area contributed by atoms with Gasteiger partial charge in [-0.1, -0.05) is 24.3 Å². The van der Waals surface area contributed by atoms with Gasteiger partial charge in [0.25, 0.3) is 0 Å². The molecule has 0 aliphatic rings. The van der Waals surface area contributed by atoms with Crippen LogP contribution in [-0.2, 0) is 17.8 Å². The normalized spacial score (nSPS) is 10.6. The largest absolute Gasteiger partial charge is 0.465 e. The number of carboxylic acid groups (broad SMARTS) is 1. The lowest BCUT2D eigenvalue weighted by Crippen LogP contribution is -2.19. The molecule has 0 radical (unpaired) electrons. The molecular weight excluding hydrogens is 284 g/mol. The summed E-state index contributed by atoms with van der Waals surface area (Å²) >= 11 is 0. The number of anilines is 1. The van der Waals surface area contributed by atoms with Gasteiger partial charge in [-0.2, -0.15) is 5.10 Å². The highest BCUT2D eigenvalue weighted by Gasteiger charge is 2.13.